The quantitative estimate of drug-likeness (QED) is 0.267. The van der Waals surface area contributed by atoms with E-state index in [2.05, 4.69) is 73.9 Å². The first-order chi connectivity index (χ1) is 17.0. The third-order valence-corrected chi connectivity index (χ3v) is 13.9. The lowest BCUT2D eigenvalue weighted by Gasteiger charge is -2.63. The van der Waals surface area contributed by atoms with Gasteiger partial charge in [0.05, 0.1) is 0 Å². The van der Waals surface area contributed by atoms with E-state index >= 15 is 0 Å². The minimum atomic E-state index is -1.62. The summed E-state index contributed by atoms with van der Waals surface area (Å²) in [4.78, 5) is 0. The SMILES string of the molecule is CC(C)CCC[C@@H](C)[C@H]1CC[C@H]2[C@@H]3C[C@@H](O[Si](C)(C)C)[C@@H]4C[C@@H](O[Si](C)(C)C)CC[C@]4(C)[C@H]3CC[C@]12C. The van der Waals surface area contributed by atoms with Crippen molar-refractivity contribution in [3.63, 3.8) is 0 Å². The van der Waals surface area contributed by atoms with Gasteiger partial charge in [0.1, 0.15) is 0 Å². The van der Waals surface area contributed by atoms with Gasteiger partial charge in [-0.1, -0.05) is 53.9 Å². The van der Waals surface area contributed by atoms with Crippen LogP contribution in [0.5, 0.6) is 0 Å². The summed E-state index contributed by atoms with van der Waals surface area (Å²) in [6.45, 7) is 27.2. The van der Waals surface area contributed by atoms with Crippen molar-refractivity contribution < 1.29 is 8.85 Å². The Morgan fingerprint density at radius 3 is 1.95 bits per heavy atom. The molecule has 4 aliphatic carbocycles. The highest BCUT2D eigenvalue weighted by atomic mass is 28.4. The van der Waals surface area contributed by atoms with Crippen molar-refractivity contribution >= 4 is 16.6 Å². The molecule has 37 heavy (non-hydrogen) atoms. The van der Waals surface area contributed by atoms with E-state index in [0.717, 1.165) is 35.5 Å². The van der Waals surface area contributed by atoms with Crippen molar-refractivity contribution in [2.24, 2.45) is 52.3 Å². The zero-order chi connectivity index (χ0) is 27.4. The average molecular weight is 549 g/mol. The highest BCUT2D eigenvalue weighted by molar-refractivity contribution is 6.70. The third-order valence-electron chi connectivity index (χ3n) is 11.8. The molecule has 0 spiro atoms. The van der Waals surface area contributed by atoms with E-state index < -0.39 is 16.6 Å². The van der Waals surface area contributed by atoms with Crippen molar-refractivity contribution in [3.05, 3.63) is 0 Å². The Balaban J connectivity index is 1.56. The van der Waals surface area contributed by atoms with Crippen LogP contribution in [0.4, 0.5) is 0 Å². The Morgan fingerprint density at radius 1 is 0.703 bits per heavy atom. The first-order valence-electron chi connectivity index (χ1n) is 16.4. The summed E-state index contributed by atoms with van der Waals surface area (Å²) in [6.07, 6.45) is 16.3. The Morgan fingerprint density at radius 2 is 1.32 bits per heavy atom. The first-order valence-corrected chi connectivity index (χ1v) is 23.2. The maximum absolute atomic E-state index is 7.17. The Hall–Kier alpha value is 0.354. The molecule has 0 aromatic rings. The molecule has 0 N–H and O–H groups in total. The molecule has 0 aromatic heterocycles. The van der Waals surface area contributed by atoms with Crippen molar-refractivity contribution in [2.45, 2.75) is 157 Å². The number of fused-ring (bicyclic) bond motifs is 5. The van der Waals surface area contributed by atoms with Crippen LogP contribution in [0.1, 0.15) is 105 Å². The van der Waals surface area contributed by atoms with E-state index in [-0.39, 0.29) is 0 Å². The zero-order valence-corrected chi connectivity index (χ0v) is 28.8. The molecular formula is C33H64O2Si2. The molecule has 0 aromatic carbocycles. The molecule has 4 saturated carbocycles. The van der Waals surface area contributed by atoms with Crippen LogP contribution in [-0.4, -0.2) is 28.8 Å². The largest absolute Gasteiger partial charge is 0.415 e. The van der Waals surface area contributed by atoms with Crippen molar-refractivity contribution in [3.8, 4) is 0 Å². The molecule has 216 valence electrons. The molecule has 0 unspecified atom stereocenters. The summed E-state index contributed by atoms with van der Waals surface area (Å²) >= 11 is 0. The van der Waals surface area contributed by atoms with Crippen LogP contribution in [0.25, 0.3) is 0 Å². The van der Waals surface area contributed by atoms with Crippen molar-refractivity contribution in [1.29, 1.82) is 0 Å². The lowest BCUT2D eigenvalue weighted by Crippen LogP contribution is -2.60. The lowest BCUT2D eigenvalue weighted by atomic mass is 9.43. The minimum Gasteiger partial charge on any atom is -0.415 e. The van der Waals surface area contributed by atoms with Gasteiger partial charge in [0.15, 0.2) is 16.6 Å². The molecule has 0 aliphatic heterocycles. The van der Waals surface area contributed by atoms with Crippen LogP contribution >= 0.6 is 0 Å². The standard InChI is InChI=1S/C33H64O2Si2/c1-23(2)13-12-14-24(3)27-15-16-28-26-22-31(35-37(9,10)11)30-21-25(34-36(6,7)8)17-19-33(30,5)29(26)18-20-32(27,28)4/h23-31H,12-22H2,1-11H3/t24-,25+,26+,27-,28+,29+,30+,31-,32-,33-/m1/s1. The average Bonchev–Trinajstić information content (AvgIpc) is 3.10. The number of rotatable bonds is 9. The molecule has 4 heteroatoms. The van der Waals surface area contributed by atoms with Crippen molar-refractivity contribution in [2.75, 3.05) is 0 Å². The van der Waals surface area contributed by atoms with Crippen LogP contribution < -0.4 is 0 Å². The van der Waals surface area contributed by atoms with Gasteiger partial charge in [-0.05, 0) is 143 Å². The maximum Gasteiger partial charge on any atom is 0.184 e. The van der Waals surface area contributed by atoms with Gasteiger partial charge in [0, 0.05) is 12.2 Å². The van der Waals surface area contributed by atoms with Crippen LogP contribution in [-0.2, 0) is 8.85 Å². The molecule has 10 atom stereocenters. The second-order valence-electron chi connectivity index (χ2n) is 17.2. The summed E-state index contributed by atoms with van der Waals surface area (Å²) in [5, 5.41) is 0. The summed E-state index contributed by atoms with van der Waals surface area (Å²) in [6, 6.07) is 0. The molecule has 4 aliphatic rings. The monoisotopic (exact) mass is 548 g/mol. The van der Waals surface area contributed by atoms with Gasteiger partial charge in [-0.15, -0.1) is 0 Å². The smallest absolute Gasteiger partial charge is 0.184 e. The highest BCUT2D eigenvalue weighted by Gasteiger charge is 2.63. The summed E-state index contributed by atoms with van der Waals surface area (Å²) in [5.74, 6) is 6.06. The van der Waals surface area contributed by atoms with E-state index in [1.165, 1.54) is 70.6 Å². The molecule has 0 bridgehead atoms. The Kier molecular flexibility index (Phi) is 8.99. The van der Waals surface area contributed by atoms with E-state index in [0.29, 0.717) is 29.0 Å². The van der Waals surface area contributed by atoms with E-state index in [9.17, 15) is 0 Å². The van der Waals surface area contributed by atoms with Gasteiger partial charge < -0.3 is 8.85 Å². The first kappa shape index (κ1) is 30.3. The zero-order valence-electron chi connectivity index (χ0n) is 26.8. The highest BCUT2D eigenvalue weighted by Crippen LogP contribution is 2.69. The minimum absolute atomic E-state index is 0.439. The molecule has 0 radical (unpaired) electrons. The Bertz CT molecular complexity index is 769. The maximum atomic E-state index is 7.17. The third kappa shape index (κ3) is 6.48. The second kappa shape index (κ2) is 11.0. The molecule has 2 nitrogen and oxygen atoms in total. The summed E-state index contributed by atoms with van der Waals surface area (Å²) < 4.78 is 13.9. The summed E-state index contributed by atoms with van der Waals surface area (Å²) in [7, 11) is -3.14. The molecule has 0 heterocycles. The fourth-order valence-corrected chi connectivity index (χ4v) is 12.8. The number of hydrogen-bond acceptors (Lipinski definition) is 2. The summed E-state index contributed by atoms with van der Waals surface area (Å²) in [5.41, 5.74) is 0.998. The van der Waals surface area contributed by atoms with Crippen LogP contribution in [0, 0.1) is 52.3 Å². The lowest BCUT2D eigenvalue weighted by molar-refractivity contribution is -0.166. The molecule has 0 amide bonds. The predicted molar refractivity (Wildman–Crippen MR) is 165 cm³/mol. The molecule has 4 rings (SSSR count). The van der Waals surface area contributed by atoms with Crippen molar-refractivity contribution in [1.82, 2.24) is 0 Å². The van der Waals surface area contributed by atoms with Gasteiger partial charge in [0.25, 0.3) is 0 Å². The van der Waals surface area contributed by atoms with Crippen LogP contribution in [0.3, 0.4) is 0 Å². The van der Waals surface area contributed by atoms with Gasteiger partial charge >= 0.3 is 0 Å². The normalized spacial score (nSPS) is 43.3. The second-order valence-corrected chi connectivity index (χ2v) is 26.1. The fourth-order valence-electron chi connectivity index (χ4n) is 10.4. The van der Waals surface area contributed by atoms with Gasteiger partial charge in [0.2, 0.25) is 0 Å². The van der Waals surface area contributed by atoms with E-state index in [1.807, 2.05) is 0 Å². The van der Waals surface area contributed by atoms with Crippen LogP contribution in [0.15, 0.2) is 0 Å². The van der Waals surface area contributed by atoms with Gasteiger partial charge in [-0.3, -0.25) is 0 Å². The van der Waals surface area contributed by atoms with E-state index in [4.69, 9.17) is 8.85 Å². The fraction of sp³-hybridized carbons (Fsp3) is 1.00. The molecular weight excluding hydrogens is 485 g/mol. The molecule has 4 fully saturated rings. The topological polar surface area (TPSA) is 18.5 Å². The van der Waals surface area contributed by atoms with Crippen LogP contribution in [0.2, 0.25) is 39.3 Å². The number of hydrogen-bond donors (Lipinski definition) is 0. The van der Waals surface area contributed by atoms with Gasteiger partial charge in [-0.25, -0.2) is 0 Å². The molecule has 0 saturated heterocycles. The van der Waals surface area contributed by atoms with Gasteiger partial charge in [-0.2, -0.15) is 0 Å². The Labute approximate surface area is 234 Å². The van der Waals surface area contributed by atoms with E-state index in [1.54, 1.807) is 0 Å². The predicted octanol–water partition coefficient (Wildman–Crippen LogP) is 10.2.